The van der Waals surface area contributed by atoms with E-state index in [0.29, 0.717) is 12.3 Å². The molecule has 0 saturated carbocycles. The van der Waals surface area contributed by atoms with Gasteiger partial charge in [-0.15, -0.1) is 0 Å². The van der Waals surface area contributed by atoms with Crippen molar-refractivity contribution in [1.82, 2.24) is 4.72 Å². The van der Waals surface area contributed by atoms with Gasteiger partial charge in [-0.25, -0.2) is 13.1 Å². The van der Waals surface area contributed by atoms with E-state index >= 15 is 0 Å². The van der Waals surface area contributed by atoms with Crippen molar-refractivity contribution in [2.75, 3.05) is 6.61 Å². The van der Waals surface area contributed by atoms with E-state index < -0.39 is 16.1 Å². The molecule has 0 radical (unpaired) electrons. The Labute approximate surface area is 115 Å². The van der Waals surface area contributed by atoms with Crippen LogP contribution in [-0.4, -0.2) is 26.2 Å². The van der Waals surface area contributed by atoms with Crippen molar-refractivity contribution in [3.05, 3.63) is 29.3 Å². The second-order valence-electron chi connectivity index (χ2n) is 5.45. The number of hydrogen-bond donors (Lipinski definition) is 2. The van der Waals surface area contributed by atoms with Crippen molar-refractivity contribution < 1.29 is 13.5 Å². The molecule has 0 aliphatic heterocycles. The van der Waals surface area contributed by atoms with Crippen molar-refractivity contribution in [2.24, 2.45) is 5.92 Å². The van der Waals surface area contributed by atoms with Crippen molar-refractivity contribution >= 4 is 10.0 Å². The maximum atomic E-state index is 12.3. The van der Waals surface area contributed by atoms with Gasteiger partial charge in [0.05, 0.1) is 11.5 Å². The van der Waals surface area contributed by atoms with Crippen LogP contribution in [0.25, 0.3) is 0 Å². The summed E-state index contributed by atoms with van der Waals surface area (Å²) in [5.41, 5.74) is 1.81. The first-order valence-electron chi connectivity index (χ1n) is 6.46. The summed E-state index contributed by atoms with van der Waals surface area (Å²) in [7, 11) is -3.57. The SMILES string of the molecule is Cc1cc(C)cc(S(=O)(=O)NC(CO)CC(C)C)c1. The van der Waals surface area contributed by atoms with E-state index in [-0.39, 0.29) is 11.5 Å². The molecule has 1 aromatic rings. The molecule has 4 nitrogen and oxygen atoms in total. The van der Waals surface area contributed by atoms with E-state index in [1.165, 1.54) is 0 Å². The highest BCUT2D eigenvalue weighted by atomic mass is 32.2. The van der Waals surface area contributed by atoms with Crippen LogP contribution in [0.5, 0.6) is 0 Å². The minimum atomic E-state index is -3.57. The zero-order valence-electron chi connectivity index (χ0n) is 12.0. The lowest BCUT2D eigenvalue weighted by molar-refractivity contribution is 0.240. The lowest BCUT2D eigenvalue weighted by Gasteiger charge is -2.18. The Bertz CT molecular complexity index is 503. The summed E-state index contributed by atoms with van der Waals surface area (Å²) in [4.78, 5) is 0.257. The molecule has 2 N–H and O–H groups in total. The number of aryl methyl sites for hydroxylation is 2. The highest BCUT2D eigenvalue weighted by Crippen LogP contribution is 2.16. The molecule has 1 rings (SSSR count). The smallest absolute Gasteiger partial charge is 0.240 e. The Morgan fingerprint density at radius 3 is 2.11 bits per heavy atom. The van der Waals surface area contributed by atoms with Gasteiger partial charge in [-0.1, -0.05) is 19.9 Å². The molecule has 0 aliphatic carbocycles. The summed E-state index contributed by atoms with van der Waals surface area (Å²) in [5, 5.41) is 9.27. The molecule has 108 valence electrons. The van der Waals surface area contributed by atoms with Gasteiger partial charge in [0.1, 0.15) is 0 Å². The van der Waals surface area contributed by atoms with Crippen LogP contribution in [0.2, 0.25) is 0 Å². The Morgan fingerprint density at radius 2 is 1.68 bits per heavy atom. The standard InChI is InChI=1S/C14H23NO3S/c1-10(2)5-13(9-16)15-19(17,18)14-7-11(3)6-12(4)8-14/h6-8,10,13,15-16H,5,9H2,1-4H3. The predicted molar refractivity (Wildman–Crippen MR) is 76.6 cm³/mol. The Hall–Kier alpha value is -0.910. The predicted octanol–water partition coefficient (Wildman–Crippen LogP) is 1.99. The van der Waals surface area contributed by atoms with Gasteiger partial charge < -0.3 is 5.11 Å². The summed E-state index contributed by atoms with van der Waals surface area (Å²) in [5.74, 6) is 0.319. The Balaban J connectivity index is 2.96. The van der Waals surface area contributed by atoms with Gasteiger partial charge in [-0.05, 0) is 49.4 Å². The van der Waals surface area contributed by atoms with E-state index in [4.69, 9.17) is 0 Å². The normalized spacial score (nSPS) is 13.8. The van der Waals surface area contributed by atoms with Gasteiger partial charge in [-0.2, -0.15) is 0 Å². The van der Waals surface area contributed by atoms with E-state index in [9.17, 15) is 13.5 Å². The molecule has 1 aromatic carbocycles. The average molecular weight is 285 g/mol. The van der Waals surface area contributed by atoms with Crippen LogP contribution >= 0.6 is 0 Å². The summed E-state index contributed by atoms with van der Waals surface area (Å²) in [6.07, 6.45) is 0.612. The molecule has 19 heavy (non-hydrogen) atoms. The molecule has 0 aromatic heterocycles. The lowest BCUT2D eigenvalue weighted by atomic mass is 10.1. The molecule has 1 atom stereocenters. The first kappa shape index (κ1) is 16.1. The van der Waals surface area contributed by atoms with Crippen molar-refractivity contribution in [3.63, 3.8) is 0 Å². The zero-order valence-corrected chi connectivity index (χ0v) is 12.8. The quantitative estimate of drug-likeness (QED) is 0.840. The molecule has 0 aliphatic rings. The van der Waals surface area contributed by atoms with E-state index in [1.807, 2.05) is 33.8 Å². The number of sulfonamides is 1. The zero-order chi connectivity index (χ0) is 14.6. The molecule has 0 bridgehead atoms. The molecule has 0 fully saturated rings. The molecule has 0 spiro atoms. The first-order valence-corrected chi connectivity index (χ1v) is 7.94. The highest BCUT2D eigenvalue weighted by Gasteiger charge is 2.20. The van der Waals surface area contributed by atoms with Crippen LogP contribution < -0.4 is 4.72 Å². The highest BCUT2D eigenvalue weighted by molar-refractivity contribution is 7.89. The third-order valence-electron chi connectivity index (χ3n) is 2.80. The van der Waals surface area contributed by atoms with Gasteiger partial charge >= 0.3 is 0 Å². The number of nitrogens with one attached hydrogen (secondary N) is 1. The van der Waals surface area contributed by atoms with Crippen LogP contribution in [-0.2, 0) is 10.0 Å². The number of rotatable bonds is 6. The summed E-state index contributed by atoms with van der Waals surface area (Å²) < 4.78 is 27.1. The molecule has 0 saturated heterocycles. The number of benzene rings is 1. The molecule has 0 amide bonds. The van der Waals surface area contributed by atoms with E-state index in [0.717, 1.165) is 11.1 Å². The van der Waals surface area contributed by atoms with E-state index in [1.54, 1.807) is 12.1 Å². The fraction of sp³-hybridized carbons (Fsp3) is 0.571. The number of aliphatic hydroxyl groups is 1. The van der Waals surface area contributed by atoms with Gasteiger partial charge in [0, 0.05) is 6.04 Å². The fourth-order valence-corrected chi connectivity index (χ4v) is 3.53. The topological polar surface area (TPSA) is 66.4 Å². The summed E-state index contributed by atoms with van der Waals surface area (Å²) >= 11 is 0. The number of aliphatic hydroxyl groups excluding tert-OH is 1. The molecule has 5 heteroatoms. The third-order valence-corrected chi connectivity index (χ3v) is 4.30. The minimum Gasteiger partial charge on any atom is -0.395 e. The van der Waals surface area contributed by atoms with Crippen LogP contribution in [0.1, 0.15) is 31.4 Å². The Morgan fingerprint density at radius 1 is 1.16 bits per heavy atom. The maximum Gasteiger partial charge on any atom is 0.240 e. The molecular weight excluding hydrogens is 262 g/mol. The third kappa shape index (κ3) is 4.93. The van der Waals surface area contributed by atoms with Gasteiger partial charge in [0.15, 0.2) is 0 Å². The van der Waals surface area contributed by atoms with Gasteiger partial charge in [0.2, 0.25) is 10.0 Å². The summed E-state index contributed by atoms with van der Waals surface area (Å²) in [6.45, 7) is 7.52. The van der Waals surface area contributed by atoms with Crippen LogP contribution in [0.3, 0.4) is 0 Å². The fourth-order valence-electron chi connectivity index (χ4n) is 2.10. The molecule has 1 unspecified atom stereocenters. The van der Waals surface area contributed by atoms with Crippen LogP contribution in [0, 0.1) is 19.8 Å². The number of hydrogen-bond acceptors (Lipinski definition) is 3. The van der Waals surface area contributed by atoms with Gasteiger partial charge in [-0.3, -0.25) is 0 Å². The largest absolute Gasteiger partial charge is 0.395 e. The average Bonchev–Trinajstić information content (AvgIpc) is 2.25. The van der Waals surface area contributed by atoms with E-state index in [2.05, 4.69) is 4.72 Å². The second kappa shape index (κ2) is 6.50. The van der Waals surface area contributed by atoms with Gasteiger partial charge in [0.25, 0.3) is 0 Å². The van der Waals surface area contributed by atoms with Crippen LogP contribution in [0.15, 0.2) is 23.1 Å². The summed E-state index contributed by atoms with van der Waals surface area (Å²) in [6, 6.07) is 4.76. The molecular formula is C14H23NO3S. The lowest BCUT2D eigenvalue weighted by Crippen LogP contribution is -2.38. The first-order chi connectivity index (χ1) is 8.74. The minimum absolute atomic E-state index is 0.192. The second-order valence-corrected chi connectivity index (χ2v) is 7.17. The van der Waals surface area contributed by atoms with Crippen molar-refractivity contribution in [3.8, 4) is 0 Å². The van der Waals surface area contributed by atoms with Crippen molar-refractivity contribution in [2.45, 2.75) is 45.1 Å². The monoisotopic (exact) mass is 285 g/mol. The Kier molecular flexibility index (Phi) is 5.52. The van der Waals surface area contributed by atoms with Crippen LogP contribution in [0.4, 0.5) is 0 Å². The maximum absolute atomic E-state index is 12.3. The van der Waals surface area contributed by atoms with Crippen molar-refractivity contribution in [1.29, 1.82) is 0 Å². The molecule has 0 heterocycles.